The van der Waals surface area contributed by atoms with Gasteiger partial charge in [0.25, 0.3) is 5.56 Å². The van der Waals surface area contributed by atoms with Crippen LogP contribution in [0.1, 0.15) is 40.2 Å². The smallest absolute Gasteiger partial charge is 0.332 e. The molecule has 2 aromatic rings. The van der Waals surface area contributed by atoms with Gasteiger partial charge in [-0.25, -0.2) is 4.79 Å². The second-order valence-electron chi connectivity index (χ2n) is 6.04. The fourth-order valence-electron chi connectivity index (χ4n) is 2.57. The number of fused-ring (bicyclic) bond motifs is 1. The quantitative estimate of drug-likeness (QED) is 0.911. The average molecular weight is 317 g/mol. The molecule has 1 amide bonds. The van der Waals surface area contributed by atoms with Crippen LogP contribution in [-0.2, 0) is 11.3 Å². The summed E-state index contributed by atoms with van der Waals surface area (Å²) in [5, 5.41) is 3.22. The molecule has 0 aliphatic heterocycles. The Bertz CT molecular complexity index is 833. The van der Waals surface area contributed by atoms with Gasteiger partial charge < -0.3 is 5.32 Å². The van der Waals surface area contributed by atoms with Gasteiger partial charge in [-0.05, 0) is 39.3 Å². The number of carbonyl (C=O) groups is 1. The lowest BCUT2D eigenvalue weighted by Crippen LogP contribution is -2.44. The third-order valence-corrected chi connectivity index (χ3v) is 3.86. The second kappa shape index (κ2) is 6.81. The summed E-state index contributed by atoms with van der Waals surface area (Å²) in [6.07, 6.45) is 0.658. The Morgan fingerprint density at radius 1 is 1.17 bits per heavy atom. The third kappa shape index (κ3) is 3.36. The molecule has 1 heterocycles. The molecule has 0 fully saturated rings. The number of rotatable bonds is 5. The first-order valence-corrected chi connectivity index (χ1v) is 7.90. The fourth-order valence-corrected chi connectivity index (χ4v) is 2.57. The summed E-state index contributed by atoms with van der Waals surface area (Å²) < 4.78 is 2.62. The Balaban J connectivity index is 2.69. The first-order valence-electron chi connectivity index (χ1n) is 7.90. The maximum Gasteiger partial charge on any atom is 0.332 e. The molecule has 2 rings (SSSR count). The zero-order chi connectivity index (χ0) is 17.1. The zero-order valence-corrected chi connectivity index (χ0v) is 14.0. The highest BCUT2D eigenvalue weighted by molar-refractivity contribution is 5.81. The highest BCUT2D eigenvalue weighted by atomic mass is 16.2. The van der Waals surface area contributed by atoms with Gasteiger partial charge >= 0.3 is 5.69 Å². The molecule has 1 atom stereocenters. The van der Waals surface area contributed by atoms with Crippen molar-refractivity contribution in [2.24, 2.45) is 0 Å². The van der Waals surface area contributed by atoms with E-state index >= 15 is 0 Å². The first kappa shape index (κ1) is 17.0. The fraction of sp³-hybridized carbons (Fsp3) is 0.471. The zero-order valence-electron chi connectivity index (χ0n) is 14.0. The van der Waals surface area contributed by atoms with Crippen molar-refractivity contribution in [1.29, 1.82) is 0 Å². The minimum Gasteiger partial charge on any atom is -0.352 e. The summed E-state index contributed by atoms with van der Waals surface area (Å²) in [6, 6.07) is 6.66. The van der Waals surface area contributed by atoms with E-state index in [4.69, 9.17) is 0 Å². The van der Waals surface area contributed by atoms with E-state index in [0.717, 1.165) is 0 Å². The predicted octanol–water partition coefficient (Wildman–Crippen LogP) is 1.66. The number of carbonyl (C=O) groups excluding carboxylic acids is 1. The van der Waals surface area contributed by atoms with Crippen LogP contribution >= 0.6 is 0 Å². The molecule has 23 heavy (non-hydrogen) atoms. The lowest BCUT2D eigenvalue weighted by Gasteiger charge is -2.18. The van der Waals surface area contributed by atoms with Gasteiger partial charge in [0.1, 0.15) is 6.54 Å². The lowest BCUT2D eigenvalue weighted by molar-refractivity contribution is -0.122. The number of benzene rings is 1. The summed E-state index contributed by atoms with van der Waals surface area (Å²) >= 11 is 0. The molecular weight excluding hydrogens is 294 g/mol. The number of hydrogen-bond acceptors (Lipinski definition) is 3. The van der Waals surface area contributed by atoms with Gasteiger partial charge in [0, 0.05) is 12.1 Å². The molecule has 0 saturated heterocycles. The average Bonchev–Trinajstić information content (AvgIpc) is 2.50. The summed E-state index contributed by atoms with van der Waals surface area (Å²) in [7, 11) is 0. The SMILES string of the molecule is CC[C@@H](C)n1c(=O)c2ccccc2n(CC(=O)NC(C)C)c1=O. The molecule has 1 N–H and O–H groups in total. The molecule has 0 radical (unpaired) electrons. The van der Waals surface area contributed by atoms with Gasteiger partial charge in [-0.1, -0.05) is 19.1 Å². The standard InChI is InChI=1S/C17H23N3O3/c1-5-12(4)20-16(22)13-8-6-7-9-14(13)19(17(20)23)10-15(21)18-11(2)3/h6-9,11-12H,5,10H2,1-4H3,(H,18,21)/t12-/m1/s1. The van der Waals surface area contributed by atoms with E-state index < -0.39 is 5.69 Å². The van der Waals surface area contributed by atoms with Crippen LogP contribution in [0.25, 0.3) is 10.9 Å². The Labute approximate surface area is 134 Å². The Hall–Kier alpha value is -2.37. The minimum atomic E-state index is -0.443. The third-order valence-electron chi connectivity index (χ3n) is 3.86. The van der Waals surface area contributed by atoms with Crippen molar-refractivity contribution in [3.8, 4) is 0 Å². The van der Waals surface area contributed by atoms with Crippen molar-refractivity contribution in [2.75, 3.05) is 0 Å². The van der Waals surface area contributed by atoms with Crippen LogP contribution in [0.15, 0.2) is 33.9 Å². The Morgan fingerprint density at radius 2 is 1.83 bits per heavy atom. The molecule has 0 saturated carbocycles. The van der Waals surface area contributed by atoms with E-state index in [9.17, 15) is 14.4 Å². The van der Waals surface area contributed by atoms with E-state index in [2.05, 4.69) is 5.32 Å². The number of para-hydroxylation sites is 1. The topological polar surface area (TPSA) is 73.1 Å². The van der Waals surface area contributed by atoms with E-state index in [1.54, 1.807) is 24.3 Å². The van der Waals surface area contributed by atoms with Crippen LogP contribution in [0.3, 0.4) is 0 Å². The highest BCUT2D eigenvalue weighted by Gasteiger charge is 2.17. The lowest BCUT2D eigenvalue weighted by atomic mass is 10.2. The van der Waals surface area contributed by atoms with Gasteiger partial charge in [-0.3, -0.25) is 18.7 Å². The van der Waals surface area contributed by atoms with Crippen molar-refractivity contribution in [3.63, 3.8) is 0 Å². The summed E-state index contributed by atoms with van der Waals surface area (Å²) in [6.45, 7) is 7.36. The van der Waals surface area contributed by atoms with Gasteiger partial charge in [-0.2, -0.15) is 0 Å². The van der Waals surface area contributed by atoms with E-state index in [-0.39, 0.29) is 30.1 Å². The van der Waals surface area contributed by atoms with Crippen LogP contribution in [0.4, 0.5) is 0 Å². The van der Waals surface area contributed by atoms with Crippen LogP contribution < -0.4 is 16.6 Å². The highest BCUT2D eigenvalue weighted by Crippen LogP contribution is 2.11. The molecule has 1 aromatic heterocycles. The van der Waals surface area contributed by atoms with Crippen molar-refractivity contribution < 1.29 is 4.79 Å². The Kier molecular flexibility index (Phi) is 5.03. The molecule has 1 aromatic carbocycles. The number of amides is 1. The molecule has 0 aliphatic carbocycles. The van der Waals surface area contributed by atoms with Crippen molar-refractivity contribution in [3.05, 3.63) is 45.1 Å². The van der Waals surface area contributed by atoms with Crippen LogP contribution in [0, 0.1) is 0 Å². The second-order valence-corrected chi connectivity index (χ2v) is 6.04. The molecule has 0 aliphatic rings. The molecule has 6 nitrogen and oxygen atoms in total. The van der Waals surface area contributed by atoms with E-state index in [1.165, 1.54) is 9.13 Å². The van der Waals surface area contributed by atoms with Gasteiger partial charge in [0.15, 0.2) is 0 Å². The molecular formula is C17H23N3O3. The normalized spacial score (nSPS) is 12.6. The maximum atomic E-state index is 12.8. The number of aromatic nitrogens is 2. The molecule has 0 spiro atoms. The van der Waals surface area contributed by atoms with Gasteiger partial charge in [-0.15, -0.1) is 0 Å². The van der Waals surface area contributed by atoms with Crippen LogP contribution in [0.5, 0.6) is 0 Å². The largest absolute Gasteiger partial charge is 0.352 e. The summed E-state index contributed by atoms with van der Waals surface area (Å²) in [5.41, 5.74) is -0.261. The van der Waals surface area contributed by atoms with Crippen LogP contribution in [-0.4, -0.2) is 21.1 Å². The maximum absolute atomic E-state index is 12.8. The van der Waals surface area contributed by atoms with Gasteiger partial charge in [0.2, 0.25) is 5.91 Å². The van der Waals surface area contributed by atoms with Crippen LogP contribution in [0.2, 0.25) is 0 Å². The molecule has 124 valence electrons. The minimum absolute atomic E-state index is 0.00932. The monoisotopic (exact) mass is 317 g/mol. The van der Waals surface area contributed by atoms with E-state index in [0.29, 0.717) is 17.3 Å². The number of nitrogens with zero attached hydrogens (tertiary/aromatic N) is 2. The summed E-state index contributed by atoms with van der Waals surface area (Å²) in [5.74, 6) is -0.249. The van der Waals surface area contributed by atoms with Crippen molar-refractivity contribution in [2.45, 2.75) is 52.7 Å². The van der Waals surface area contributed by atoms with Crippen molar-refractivity contribution in [1.82, 2.24) is 14.5 Å². The molecule has 0 unspecified atom stereocenters. The predicted molar refractivity (Wildman–Crippen MR) is 90.7 cm³/mol. The van der Waals surface area contributed by atoms with E-state index in [1.807, 2.05) is 27.7 Å². The van der Waals surface area contributed by atoms with Crippen molar-refractivity contribution >= 4 is 16.8 Å². The molecule has 6 heteroatoms. The first-order chi connectivity index (χ1) is 10.9. The Morgan fingerprint density at radius 3 is 2.43 bits per heavy atom. The number of hydrogen-bond donors (Lipinski definition) is 1. The number of nitrogens with one attached hydrogen (secondary N) is 1. The molecule has 0 bridgehead atoms. The van der Waals surface area contributed by atoms with Gasteiger partial charge in [0.05, 0.1) is 10.9 Å². The summed E-state index contributed by atoms with van der Waals surface area (Å²) in [4.78, 5) is 37.5.